The molecule has 1 aliphatic rings. The summed E-state index contributed by atoms with van der Waals surface area (Å²) in [5.74, 6) is 1.75. The lowest BCUT2D eigenvalue weighted by Crippen LogP contribution is -2.47. The summed E-state index contributed by atoms with van der Waals surface area (Å²) in [5, 5.41) is 3.59. The normalized spacial score (nSPS) is 28.2. The Bertz CT molecular complexity index is 117. The van der Waals surface area contributed by atoms with Gasteiger partial charge in [0, 0.05) is 5.54 Å². The minimum atomic E-state index is 0. The summed E-state index contributed by atoms with van der Waals surface area (Å²) >= 11 is 0. The number of piperidine rings is 1. The van der Waals surface area contributed by atoms with E-state index in [0.717, 1.165) is 11.8 Å². The lowest BCUT2D eigenvalue weighted by atomic mass is 9.82. The molecule has 1 aliphatic heterocycles. The van der Waals surface area contributed by atoms with Gasteiger partial charge >= 0.3 is 0 Å². The Labute approximate surface area is 77.9 Å². The van der Waals surface area contributed by atoms with E-state index in [1.165, 1.54) is 19.4 Å². The predicted octanol–water partition coefficient (Wildman–Crippen LogP) is 3.06. The van der Waals surface area contributed by atoms with Crippen LogP contribution in [0.15, 0.2) is 0 Å². The van der Waals surface area contributed by atoms with Gasteiger partial charge in [0.2, 0.25) is 0 Å². The van der Waals surface area contributed by atoms with Gasteiger partial charge in [-0.05, 0) is 45.1 Å². The van der Waals surface area contributed by atoms with E-state index in [9.17, 15) is 0 Å². The van der Waals surface area contributed by atoms with Crippen molar-refractivity contribution >= 4 is 0 Å². The summed E-state index contributed by atoms with van der Waals surface area (Å²) in [5.41, 5.74) is 0.394. The van der Waals surface area contributed by atoms with Crippen LogP contribution in [0.25, 0.3) is 0 Å². The number of hydrogen-bond acceptors (Lipinski definition) is 1. The molecule has 0 aromatic heterocycles. The summed E-state index contributed by atoms with van der Waals surface area (Å²) in [7, 11) is 0. The second-order valence-electron chi connectivity index (χ2n) is 4.81. The summed E-state index contributed by atoms with van der Waals surface area (Å²) < 4.78 is 0. The van der Waals surface area contributed by atoms with Gasteiger partial charge < -0.3 is 5.32 Å². The quantitative estimate of drug-likeness (QED) is 0.639. The van der Waals surface area contributed by atoms with Crippen molar-refractivity contribution in [3.8, 4) is 0 Å². The van der Waals surface area contributed by atoms with Gasteiger partial charge in [0.15, 0.2) is 0 Å². The van der Waals surface area contributed by atoms with Crippen molar-refractivity contribution < 1.29 is 0 Å². The fraction of sp³-hybridized carbons (Fsp3) is 1.00. The SMILES string of the molecule is C.CC(C)[C@H]1CCC(C)(C)NC1. The predicted molar refractivity (Wildman–Crippen MR) is 56.4 cm³/mol. The van der Waals surface area contributed by atoms with Crippen LogP contribution in [0.2, 0.25) is 0 Å². The topological polar surface area (TPSA) is 12.0 Å². The molecule has 1 heteroatoms. The first kappa shape index (κ1) is 12.0. The molecule has 0 bridgehead atoms. The first-order valence-corrected chi connectivity index (χ1v) is 4.76. The molecule has 1 fully saturated rings. The third kappa shape index (κ3) is 3.14. The second kappa shape index (κ2) is 4.27. The van der Waals surface area contributed by atoms with Crippen LogP contribution in [0.1, 0.15) is 48.0 Å². The van der Waals surface area contributed by atoms with E-state index in [4.69, 9.17) is 0 Å². The van der Waals surface area contributed by atoms with Gasteiger partial charge in [-0.25, -0.2) is 0 Å². The van der Waals surface area contributed by atoms with Crippen LogP contribution in [0.4, 0.5) is 0 Å². The molecule has 1 heterocycles. The molecule has 74 valence electrons. The molecule has 1 N–H and O–H groups in total. The van der Waals surface area contributed by atoms with E-state index in [0.29, 0.717) is 5.54 Å². The van der Waals surface area contributed by atoms with E-state index in [1.807, 2.05) is 0 Å². The molecular formula is C11H25N. The van der Waals surface area contributed by atoms with Crippen molar-refractivity contribution in [1.82, 2.24) is 5.32 Å². The maximum absolute atomic E-state index is 3.59. The lowest BCUT2D eigenvalue weighted by Gasteiger charge is -2.37. The number of rotatable bonds is 1. The Balaban J connectivity index is 0.00000121. The van der Waals surface area contributed by atoms with Crippen LogP contribution >= 0.6 is 0 Å². The highest BCUT2D eigenvalue weighted by atomic mass is 15.0. The highest BCUT2D eigenvalue weighted by Crippen LogP contribution is 2.26. The molecule has 1 saturated heterocycles. The molecule has 1 atom stereocenters. The van der Waals surface area contributed by atoms with E-state index >= 15 is 0 Å². The fourth-order valence-electron chi connectivity index (χ4n) is 1.71. The van der Waals surface area contributed by atoms with Crippen LogP contribution in [-0.2, 0) is 0 Å². The van der Waals surface area contributed by atoms with Crippen molar-refractivity contribution in [2.24, 2.45) is 11.8 Å². The van der Waals surface area contributed by atoms with Crippen molar-refractivity contribution in [1.29, 1.82) is 0 Å². The van der Waals surface area contributed by atoms with Gasteiger partial charge in [0.25, 0.3) is 0 Å². The van der Waals surface area contributed by atoms with E-state index in [-0.39, 0.29) is 7.43 Å². The Morgan fingerprint density at radius 2 is 1.92 bits per heavy atom. The molecule has 1 rings (SSSR count). The number of nitrogens with one attached hydrogen (secondary N) is 1. The minimum absolute atomic E-state index is 0. The van der Waals surface area contributed by atoms with Crippen LogP contribution in [-0.4, -0.2) is 12.1 Å². The molecule has 0 aliphatic carbocycles. The summed E-state index contributed by atoms with van der Waals surface area (Å²) in [6.07, 6.45) is 2.73. The van der Waals surface area contributed by atoms with Crippen molar-refractivity contribution in [3.63, 3.8) is 0 Å². The lowest BCUT2D eigenvalue weighted by molar-refractivity contribution is 0.203. The molecule has 0 aromatic carbocycles. The summed E-state index contributed by atoms with van der Waals surface area (Å²) in [6, 6.07) is 0. The standard InChI is InChI=1S/C10H21N.CH4/c1-8(2)9-5-6-10(3,4)11-7-9;/h8-9,11H,5-7H2,1-4H3;1H4/t9-;/m0./s1. The van der Waals surface area contributed by atoms with Crippen molar-refractivity contribution in [3.05, 3.63) is 0 Å². The highest BCUT2D eigenvalue weighted by molar-refractivity contribution is 4.85. The second-order valence-corrected chi connectivity index (χ2v) is 4.81. The largest absolute Gasteiger partial charge is 0.312 e. The van der Waals surface area contributed by atoms with Crippen LogP contribution in [0.5, 0.6) is 0 Å². The zero-order valence-corrected chi connectivity index (χ0v) is 8.28. The molecule has 0 aromatic rings. The minimum Gasteiger partial charge on any atom is -0.312 e. The molecule has 0 spiro atoms. The molecule has 0 radical (unpaired) electrons. The van der Waals surface area contributed by atoms with Crippen LogP contribution in [0.3, 0.4) is 0 Å². The number of hydrogen-bond donors (Lipinski definition) is 1. The third-order valence-electron chi connectivity index (χ3n) is 2.93. The maximum Gasteiger partial charge on any atom is 0.0125 e. The summed E-state index contributed by atoms with van der Waals surface area (Å²) in [6.45, 7) is 10.5. The Hall–Kier alpha value is -0.0400. The Morgan fingerprint density at radius 1 is 1.33 bits per heavy atom. The zero-order valence-electron chi connectivity index (χ0n) is 8.28. The van der Waals surface area contributed by atoms with Crippen LogP contribution in [0, 0.1) is 11.8 Å². The van der Waals surface area contributed by atoms with Gasteiger partial charge in [0.1, 0.15) is 0 Å². The smallest absolute Gasteiger partial charge is 0.0125 e. The Morgan fingerprint density at radius 3 is 2.25 bits per heavy atom. The third-order valence-corrected chi connectivity index (χ3v) is 2.93. The van der Waals surface area contributed by atoms with Gasteiger partial charge in [-0.15, -0.1) is 0 Å². The summed E-state index contributed by atoms with van der Waals surface area (Å²) in [4.78, 5) is 0. The fourth-order valence-corrected chi connectivity index (χ4v) is 1.71. The van der Waals surface area contributed by atoms with E-state index in [2.05, 4.69) is 33.0 Å². The molecule has 1 nitrogen and oxygen atoms in total. The molecule has 0 amide bonds. The van der Waals surface area contributed by atoms with Gasteiger partial charge in [-0.1, -0.05) is 21.3 Å². The molecule has 0 saturated carbocycles. The van der Waals surface area contributed by atoms with Crippen molar-refractivity contribution in [2.75, 3.05) is 6.54 Å². The maximum atomic E-state index is 3.59. The molecule has 12 heavy (non-hydrogen) atoms. The molecule has 0 unspecified atom stereocenters. The van der Waals surface area contributed by atoms with Gasteiger partial charge in [0.05, 0.1) is 0 Å². The molecular weight excluding hydrogens is 146 g/mol. The first-order valence-electron chi connectivity index (χ1n) is 4.76. The van der Waals surface area contributed by atoms with Gasteiger partial charge in [-0.3, -0.25) is 0 Å². The van der Waals surface area contributed by atoms with E-state index < -0.39 is 0 Å². The van der Waals surface area contributed by atoms with E-state index in [1.54, 1.807) is 0 Å². The zero-order chi connectivity index (χ0) is 8.48. The van der Waals surface area contributed by atoms with Gasteiger partial charge in [-0.2, -0.15) is 0 Å². The Kier molecular flexibility index (Phi) is 4.25. The average Bonchev–Trinajstić information content (AvgIpc) is 1.86. The highest BCUT2D eigenvalue weighted by Gasteiger charge is 2.27. The van der Waals surface area contributed by atoms with Crippen molar-refractivity contribution in [2.45, 2.75) is 53.5 Å². The van der Waals surface area contributed by atoms with Crippen LogP contribution < -0.4 is 5.32 Å². The monoisotopic (exact) mass is 171 g/mol. The average molecular weight is 171 g/mol. The first-order chi connectivity index (χ1) is 5.01.